The van der Waals surface area contributed by atoms with E-state index in [1.165, 1.54) is 12.8 Å². The minimum absolute atomic E-state index is 0.314. The van der Waals surface area contributed by atoms with Gasteiger partial charge in [-0.05, 0) is 24.1 Å². The lowest BCUT2D eigenvalue weighted by Crippen LogP contribution is -2.00. The molecule has 0 fully saturated rings. The lowest BCUT2D eigenvalue weighted by molar-refractivity contribution is 0.209. The van der Waals surface area contributed by atoms with Gasteiger partial charge in [0.1, 0.15) is 0 Å². The minimum Gasteiger partial charge on any atom is -0.389 e. The van der Waals surface area contributed by atoms with Crippen LogP contribution in [0.1, 0.15) is 38.2 Å². The van der Waals surface area contributed by atoms with Crippen molar-refractivity contribution in [2.45, 2.75) is 38.7 Å². The molecule has 2 heteroatoms. The first-order valence-corrected chi connectivity index (χ1v) is 6.63. The molecule has 0 saturated carbocycles. The third-order valence-electron chi connectivity index (χ3n) is 2.46. The van der Waals surface area contributed by atoms with Gasteiger partial charge in [-0.3, -0.25) is 0 Å². The van der Waals surface area contributed by atoms with E-state index in [2.05, 4.69) is 22.9 Å². The van der Waals surface area contributed by atoms with Crippen molar-refractivity contribution in [3.63, 3.8) is 0 Å². The average Bonchev–Trinajstić information content (AvgIpc) is 2.27. The van der Waals surface area contributed by atoms with E-state index < -0.39 is 0 Å². The van der Waals surface area contributed by atoms with E-state index in [1.54, 1.807) is 0 Å². The summed E-state index contributed by atoms with van der Waals surface area (Å²) < 4.78 is 1.06. The van der Waals surface area contributed by atoms with E-state index in [0.29, 0.717) is 0 Å². The summed E-state index contributed by atoms with van der Waals surface area (Å²) in [7, 11) is 0. The molecule has 16 heavy (non-hydrogen) atoms. The van der Waals surface area contributed by atoms with Crippen LogP contribution in [0, 0.1) is 0 Å². The minimum atomic E-state index is -0.314. The number of rotatable bonds is 6. The summed E-state index contributed by atoms with van der Waals surface area (Å²) in [6.07, 6.45) is 7.88. The summed E-state index contributed by atoms with van der Waals surface area (Å²) in [4.78, 5) is 0. The molecule has 0 amide bonds. The summed E-state index contributed by atoms with van der Waals surface area (Å²) in [5.74, 6) is 0. The third-order valence-corrected chi connectivity index (χ3v) is 2.96. The quantitative estimate of drug-likeness (QED) is 0.767. The summed E-state index contributed by atoms with van der Waals surface area (Å²) >= 11 is 3.42. The SMILES string of the molecule is CCCCC[C@H](O)/C=C/c1cccc(Br)c1. The maximum atomic E-state index is 9.71. The molecule has 0 heterocycles. The Labute approximate surface area is 106 Å². The van der Waals surface area contributed by atoms with Crippen molar-refractivity contribution in [3.05, 3.63) is 40.4 Å². The number of aliphatic hydroxyl groups excluding tert-OH is 1. The van der Waals surface area contributed by atoms with Gasteiger partial charge in [-0.25, -0.2) is 0 Å². The summed E-state index contributed by atoms with van der Waals surface area (Å²) in [5, 5.41) is 9.71. The summed E-state index contributed by atoms with van der Waals surface area (Å²) in [6, 6.07) is 8.05. The van der Waals surface area contributed by atoms with Gasteiger partial charge in [0.15, 0.2) is 0 Å². The van der Waals surface area contributed by atoms with Crippen LogP contribution in [0.2, 0.25) is 0 Å². The van der Waals surface area contributed by atoms with E-state index >= 15 is 0 Å². The molecule has 0 radical (unpaired) electrons. The molecule has 0 aliphatic heterocycles. The Hall–Kier alpha value is -0.600. The zero-order valence-electron chi connectivity index (χ0n) is 9.70. The molecule has 1 aromatic carbocycles. The standard InChI is InChI=1S/C14H19BrO/c1-2-3-4-8-14(16)10-9-12-6-5-7-13(15)11-12/h5-7,9-11,14,16H,2-4,8H2,1H3/b10-9+/t14-/m0/s1. The van der Waals surface area contributed by atoms with Gasteiger partial charge in [0.25, 0.3) is 0 Å². The van der Waals surface area contributed by atoms with Crippen molar-refractivity contribution in [2.24, 2.45) is 0 Å². The second kappa shape index (κ2) is 7.64. The summed E-state index contributed by atoms with van der Waals surface area (Å²) in [6.45, 7) is 2.17. The van der Waals surface area contributed by atoms with Crippen LogP contribution < -0.4 is 0 Å². The molecule has 1 N–H and O–H groups in total. The highest BCUT2D eigenvalue weighted by molar-refractivity contribution is 9.10. The van der Waals surface area contributed by atoms with Gasteiger partial charge in [0, 0.05) is 4.47 Å². The molecule has 1 aromatic rings. The fourth-order valence-corrected chi connectivity index (χ4v) is 1.95. The van der Waals surface area contributed by atoms with Gasteiger partial charge < -0.3 is 5.11 Å². The molecule has 1 nitrogen and oxygen atoms in total. The topological polar surface area (TPSA) is 20.2 Å². The number of hydrogen-bond donors (Lipinski definition) is 1. The Kier molecular flexibility index (Phi) is 6.43. The Morgan fingerprint density at radius 1 is 1.38 bits per heavy atom. The Morgan fingerprint density at radius 3 is 2.88 bits per heavy atom. The number of benzene rings is 1. The first-order chi connectivity index (χ1) is 7.72. The number of hydrogen-bond acceptors (Lipinski definition) is 1. The van der Waals surface area contributed by atoms with Crippen LogP contribution in [-0.2, 0) is 0 Å². The maximum Gasteiger partial charge on any atom is 0.0724 e. The fourth-order valence-electron chi connectivity index (χ4n) is 1.53. The van der Waals surface area contributed by atoms with Crippen LogP contribution in [0.3, 0.4) is 0 Å². The number of unbranched alkanes of at least 4 members (excludes halogenated alkanes) is 2. The zero-order chi connectivity index (χ0) is 11.8. The Balaban J connectivity index is 2.40. The van der Waals surface area contributed by atoms with Gasteiger partial charge in [0.05, 0.1) is 6.10 Å². The molecule has 0 unspecified atom stereocenters. The van der Waals surface area contributed by atoms with E-state index in [-0.39, 0.29) is 6.10 Å². The summed E-state index contributed by atoms with van der Waals surface area (Å²) in [5.41, 5.74) is 1.11. The van der Waals surface area contributed by atoms with Crippen LogP contribution in [0.5, 0.6) is 0 Å². The van der Waals surface area contributed by atoms with E-state index in [1.807, 2.05) is 36.4 Å². The van der Waals surface area contributed by atoms with Crippen molar-refractivity contribution in [1.82, 2.24) is 0 Å². The lowest BCUT2D eigenvalue weighted by Gasteiger charge is -2.04. The van der Waals surface area contributed by atoms with E-state index in [4.69, 9.17) is 0 Å². The van der Waals surface area contributed by atoms with Crippen molar-refractivity contribution in [3.8, 4) is 0 Å². The number of aliphatic hydroxyl groups is 1. The second-order valence-electron chi connectivity index (χ2n) is 3.98. The molecule has 1 rings (SSSR count). The van der Waals surface area contributed by atoms with Crippen LogP contribution in [0.25, 0.3) is 6.08 Å². The molecule has 0 aliphatic rings. The number of halogens is 1. The lowest BCUT2D eigenvalue weighted by atomic mass is 10.1. The van der Waals surface area contributed by atoms with Crippen molar-refractivity contribution < 1.29 is 5.11 Å². The highest BCUT2D eigenvalue weighted by Gasteiger charge is 1.98. The molecule has 88 valence electrons. The maximum absolute atomic E-state index is 9.71. The largest absolute Gasteiger partial charge is 0.389 e. The van der Waals surface area contributed by atoms with Crippen LogP contribution in [0.15, 0.2) is 34.8 Å². The van der Waals surface area contributed by atoms with E-state index in [0.717, 1.165) is 22.9 Å². The smallest absolute Gasteiger partial charge is 0.0724 e. The first kappa shape index (κ1) is 13.5. The van der Waals surface area contributed by atoms with Crippen LogP contribution >= 0.6 is 15.9 Å². The van der Waals surface area contributed by atoms with Gasteiger partial charge in [-0.2, -0.15) is 0 Å². The zero-order valence-corrected chi connectivity index (χ0v) is 11.3. The normalized spacial score (nSPS) is 13.2. The molecule has 1 atom stereocenters. The molecular formula is C14H19BrO. The molecule has 0 saturated heterocycles. The molecule has 0 aliphatic carbocycles. The molecular weight excluding hydrogens is 264 g/mol. The molecule has 0 aromatic heterocycles. The van der Waals surface area contributed by atoms with Crippen molar-refractivity contribution in [1.29, 1.82) is 0 Å². The monoisotopic (exact) mass is 282 g/mol. The molecule has 0 bridgehead atoms. The van der Waals surface area contributed by atoms with Gasteiger partial charge in [0.2, 0.25) is 0 Å². The van der Waals surface area contributed by atoms with Gasteiger partial charge in [-0.1, -0.05) is 66.4 Å². The van der Waals surface area contributed by atoms with Crippen LogP contribution in [-0.4, -0.2) is 11.2 Å². The van der Waals surface area contributed by atoms with E-state index in [9.17, 15) is 5.11 Å². The highest BCUT2D eigenvalue weighted by Crippen LogP contribution is 2.13. The average molecular weight is 283 g/mol. The van der Waals surface area contributed by atoms with Crippen molar-refractivity contribution >= 4 is 22.0 Å². The fraction of sp³-hybridized carbons (Fsp3) is 0.429. The highest BCUT2D eigenvalue weighted by atomic mass is 79.9. The van der Waals surface area contributed by atoms with Crippen molar-refractivity contribution in [2.75, 3.05) is 0 Å². The van der Waals surface area contributed by atoms with Gasteiger partial charge in [-0.15, -0.1) is 0 Å². The Bertz CT molecular complexity index is 333. The first-order valence-electron chi connectivity index (χ1n) is 5.84. The molecule has 0 spiro atoms. The van der Waals surface area contributed by atoms with Gasteiger partial charge >= 0.3 is 0 Å². The predicted octanol–water partition coefficient (Wildman–Crippen LogP) is 4.40. The Morgan fingerprint density at radius 2 is 2.19 bits per heavy atom. The third kappa shape index (κ3) is 5.47. The predicted molar refractivity (Wildman–Crippen MR) is 73.3 cm³/mol. The van der Waals surface area contributed by atoms with Crippen LogP contribution in [0.4, 0.5) is 0 Å². The second-order valence-corrected chi connectivity index (χ2v) is 4.89.